The molecule has 1 N–H and O–H groups in total. The Hall–Kier alpha value is -0.540. The molecule has 1 aliphatic rings. The van der Waals surface area contributed by atoms with Crippen molar-refractivity contribution in [2.45, 2.75) is 38.1 Å². The van der Waals surface area contributed by atoms with E-state index in [4.69, 9.17) is 11.6 Å². The van der Waals surface area contributed by atoms with Gasteiger partial charge >= 0.3 is 0 Å². The van der Waals surface area contributed by atoms with Gasteiger partial charge < -0.3 is 5.32 Å². The predicted octanol–water partition coefficient (Wildman–Crippen LogP) is 4.17. The number of carbonyl (C=O) groups is 1. The van der Waals surface area contributed by atoms with Gasteiger partial charge in [0.25, 0.3) is 5.91 Å². The first-order valence-corrected chi connectivity index (χ1v) is 7.09. The van der Waals surface area contributed by atoms with E-state index in [0.29, 0.717) is 16.6 Å². The van der Waals surface area contributed by atoms with E-state index in [0.717, 1.165) is 17.3 Å². The Kier molecular flexibility index (Phi) is 4.46. The maximum Gasteiger partial charge on any atom is 0.251 e. The molecule has 1 aromatic rings. The zero-order valence-corrected chi connectivity index (χ0v) is 11.9. The number of hydrogen-bond donors (Lipinski definition) is 1. The molecule has 1 aliphatic carbocycles. The van der Waals surface area contributed by atoms with E-state index in [9.17, 15) is 4.79 Å². The Morgan fingerprint density at radius 2 is 1.94 bits per heavy atom. The quantitative estimate of drug-likeness (QED) is 0.872. The molecule has 0 atom stereocenters. The summed E-state index contributed by atoms with van der Waals surface area (Å²) in [6.07, 6.45) is 5.89. The molecule has 1 aromatic carbocycles. The van der Waals surface area contributed by atoms with Gasteiger partial charge in [-0.15, -0.1) is 0 Å². The van der Waals surface area contributed by atoms with Crippen molar-refractivity contribution in [2.24, 2.45) is 0 Å². The lowest BCUT2D eigenvalue weighted by molar-refractivity contribution is 0.0927. The average Bonchev–Trinajstić information content (AvgIpc) is 2.29. The lowest BCUT2D eigenvalue weighted by Gasteiger charge is -2.22. The summed E-state index contributed by atoms with van der Waals surface area (Å²) in [7, 11) is 0. The highest BCUT2D eigenvalue weighted by Gasteiger charge is 2.16. The van der Waals surface area contributed by atoms with E-state index >= 15 is 0 Å². The van der Waals surface area contributed by atoms with Crippen molar-refractivity contribution < 1.29 is 4.79 Å². The monoisotopic (exact) mass is 315 g/mol. The van der Waals surface area contributed by atoms with Crippen LogP contribution in [0.4, 0.5) is 0 Å². The second kappa shape index (κ2) is 5.87. The van der Waals surface area contributed by atoms with Crippen molar-refractivity contribution in [1.29, 1.82) is 0 Å². The van der Waals surface area contributed by atoms with E-state index in [1.807, 2.05) is 0 Å². The van der Waals surface area contributed by atoms with Crippen LogP contribution in [0.5, 0.6) is 0 Å². The summed E-state index contributed by atoms with van der Waals surface area (Å²) in [5, 5.41) is 3.65. The van der Waals surface area contributed by atoms with Gasteiger partial charge in [-0.25, -0.2) is 0 Å². The lowest BCUT2D eigenvalue weighted by Crippen LogP contribution is -2.36. The fourth-order valence-electron chi connectivity index (χ4n) is 2.20. The van der Waals surface area contributed by atoms with Crippen molar-refractivity contribution in [3.63, 3.8) is 0 Å². The summed E-state index contributed by atoms with van der Waals surface area (Å²) < 4.78 is 0.832. The second-order valence-corrected chi connectivity index (χ2v) is 5.82. The van der Waals surface area contributed by atoms with Crippen LogP contribution >= 0.6 is 27.5 Å². The van der Waals surface area contributed by atoms with Crippen molar-refractivity contribution in [3.8, 4) is 0 Å². The molecule has 0 saturated heterocycles. The topological polar surface area (TPSA) is 29.1 Å². The molecule has 17 heavy (non-hydrogen) atoms. The first-order valence-electron chi connectivity index (χ1n) is 5.92. The summed E-state index contributed by atoms with van der Waals surface area (Å²) in [6, 6.07) is 5.60. The van der Waals surface area contributed by atoms with E-state index in [1.165, 1.54) is 19.3 Å². The number of carbonyl (C=O) groups excluding carboxylic acids is 1. The molecule has 4 heteroatoms. The first kappa shape index (κ1) is 12.9. The Labute approximate surface area is 115 Å². The van der Waals surface area contributed by atoms with E-state index in [1.54, 1.807) is 18.2 Å². The Balaban J connectivity index is 2.03. The minimum Gasteiger partial charge on any atom is -0.349 e. The molecule has 92 valence electrons. The van der Waals surface area contributed by atoms with Gasteiger partial charge in [-0.3, -0.25) is 4.79 Å². The average molecular weight is 317 g/mol. The zero-order valence-electron chi connectivity index (χ0n) is 9.51. The van der Waals surface area contributed by atoms with Crippen molar-refractivity contribution in [1.82, 2.24) is 5.32 Å². The largest absolute Gasteiger partial charge is 0.349 e. The van der Waals surface area contributed by atoms with Crippen molar-refractivity contribution >= 4 is 33.4 Å². The normalized spacial score (nSPS) is 16.8. The summed E-state index contributed by atoms with van der Waals surface area (Å²) in [5.74, 6) is -0.0277. The molecule has 2 nitrogen and oxygen atoms in total. The van der Waals surface area contributed by atoms with Crippen LogP contribution in [-0.2, 0) is 0 Å². The zero-order chi connectivity index (χ0) is 12.3. The van der Waals surface area contributed by atoms with E-state index in [2.05, 4.69) is 21.2 Å². The lowest BCUT2D eigenvalue weighted by atomic mass is 9.95. The first-order chi connectivity index (χ1) is 8.15. The highest BCUT2D eigenvalue weighted by molar-refractivity contribution is 9.10. The van der Waals surface area contributed by atoms with Gasteiger partial charge in [-0.05, 0) is 31.0 Å². The molecule has 0 spiro atoms. The minimum absolute atomic E-state index is 0.0277. The Morgan fingerprint density at radius 3 is 2.59 bits per heavy atom. The third-order valence-corrected chi connectivity index (χ3v) is 3.74. The van der Waals surface area contributed by atoms with Gasteiger partial charge in [0.05, 0.1) is 0 Å². The second-order valence-electron chi connectivity index (χ2n) is 4.47. The molecule has 0 bridgehead atoms. The van der Waals surface area contributed by atoms with Crippen LogP contribution in [0.3, 0.4) is 0 Å². The van der Waals surface area contributed by atoms with Gasteiger partial charge in [0.2, 0.25) is 0 Å². The van der Waals surface area contributed by atoms with Crippen LogP contribution in [0.15, 0.2) is 22.7 Å². The number of nitrogens with one attached hydrogen (secondary N) is 1. The maximum atomic E-state index is 12.0. The molecule has 2 rings (SSSR count). The molecule has 0 radical (unpaired) electrons. The molecule has 1 saturated carbocycles. The van der Waals surface area contributed by atoms with Crippen LogP contribution in [0, 0.1) is 0 Å². The van der Waals surface area contributed by atoms with Crippen LogP contribution in [0.1, 0.15) is 42.5 Å². The SMILES string of the molecule is O=C(NC1CCCCC1)c1cc(Cl)cc(Br)c1. The van der Waals surface area contributed by atoms with E-state index < -0.39 is 0 Å². The standard InChI is InChI=1S/C13H15BrClNO/c14-10-6-9(7-11(15)8-10)13(17)16-12-4-2-1-3-5-12/h6-8,12H,1-5H2,(H,16,17). The highest BCUT2D eigenvalue weighted by Crippen LogP contribution is 2.21. The Bertz CT molecular complexity index is 396. The molecule has 1 amide bonds. The van der Waals surface area contributed by atoms with Crippen molar-refractivity contribution in [2.75, 3.05) is 0 Å². The van der Waals surface area contributed by atoms with Crippen LogP contribution in [0.25, 0.3) is 0 Å². The van der Waals surface area contributed by atoms with Gasteiger partial charge in [0, 0.05) is 21.1 Å². The van der Waals surface area contributed by atoms with E-state index in [-0.39, 0.29) is 5.91 Å². The summed E-state index contributed by atoms with van der Waals surface area (Å²) in [5.41, 5.74) is 0.620. The third-order valence-electron chi connectivity index (χ3n) is 3.07. The molecule has 0 unspecified atom stereocenters. The maximum absolute atomic E-state index is 12.0. The fourth-order valence-corrected chi connectivity index (χ4v) is 3.06. The molecule has 0 aromatic heterocycles. The number of rotatable bonds is 2. The van der Waals surface area contributed by atoms with Gasteiger partial charge in [-0.2, -0.15) is 0 Å². The smallest absolute Gasteiger partial charge is 0.251 e. The molecule has 1 fully saturated rings. The number of amides is 1. The van der Waals surface area contributed by atoms with Gasteiger partial charge in [-0.1, -0.05) is 46.8 Å². The Morgan fingerprint density at radius 1 is 1.24 bits per heavy atom. The molecule has 0 heterocycles. The summed E-state index contributed by atoms with van der Waals surface area (Å²) >= 11 is 9.27. The highest BCUT2D eigenvalue weighted by atomic mass is 79.9. The molecule has 0 aliphatic heterocycles. The number of halogens is 2. The van der Waals surface area contributed by atoms with Gasteiger partial charge in [0.15, 0.2) is 0 Å². The number of hydrogen-bond acceptors (Lipinski definition) is 1. The molecular formula is C13H15BrClNO. The number of benzene rings is 1. The van der Waals surface area contributed by atoms with Gasteiger partial charge in [0.1, 0.15) is 0 Å². The predicted molar refractivity (Wildman–Crippen MR) is 73.5 cm³/mol. The fraction of sp³-hybridized carbons (Fsp3) is 0.462. The summed E-state index contributed by atoms with van der Waals surface area (Å²) in [4.78, 5) is 12.0. The minimum atomic E-state index is -0.0277. The third kappa shape index (κ3) is 3.71. The molecular weight excluding hydrogens is 302 g/mol. The van der Waals surface area contributed by atoms with Crippen LogP contribution < -0.4 is 5.32 Å². The van der Waals surface area contributed by atoms with Crippen LogP contribution in [-0.4, -0.2) is 11.9 Å². The van der Waals surface area contributed by atoms with Crippen molar-refractivity contribution in [3.05, 3.63) is 33.3 Å². The summed E-state index contributed by atoms with van der Waals surface area (Å²) in [6.45, 7) is 0. The van der Waals surface area contributed by atoms with Crippen LogP contribution in [0.2, 0.25) is 5.02 Å².